The minimum atomic E-state index is 0.0473. The first-order chi connectivity index (χ1) is 9.70. The van der Waals surface area contributed by atoms with Gasteiger partial charge in [-0.2, -0.15) is 0 Å². The van der Waals surface area contributed by atoms with E-state index in [0.29, 0.717) is 10.6 Å². The number of oxime groups is 1. The van der Waals surface area contributed by atoms with Crippen LogP contribution in [0.1, 0.15) is 29.8 Å². The second-order valence-electron chi connectivity index (χ2n) is 4.87. The molecule has 0 spiro atoms. The van der Waals surface area contributed by atoms with Crippen molar-refractivity contribution < 1.29 is 5.21 Å². The number of aryl methyl sites for hydroxylation is 1. The van der Waals surface area contributed by atoms with Crippen LogP contribution >= 0.6 is 11.6 Å². The van der Waals surface area contributed by atoms with Crippen molar-refractivity contribution in [2.75, 3.05) is 0 Å². The number of imidazole rings is 1. The fraction of sp³-hybridized carbons (Fsp3) is 0.286. The van der Waals surface area contributed by atoms with Crippen LogP contribution in [0.25, 0.3) is 5.69 Å². The molecule has 3 rings (SSSR count). The van der Waals surface area contributed by atoms with E-state index in [1.807, 2.05) is 17.0 Å². The van der Waals surface area contributed by atoms with Crippen molar-refractivity contribution in [3.05, 3.63) is 46.5 Å². The van der Waals surface area contributed by atoms with Gasteiger partial charge in [0.05, 0.1) is 22.7 Å². The van der Waals surface area contributed by atoms with E-state index >= 15 is 0 Å². The van der Waals surface area contributed by atoms with Gasteiger partial charge in [-0.1, -0.05) is 16.8 Å². The summed E-state index contributed by atoms with van der Waals surface area (Å²) in [6.45, 7) is 0. The Morgan fingerprint density at radius 1 is 1.35 bits per heavy atom. The van der Waals surface area contributed by atoms with Crippen LogP contribution in [0.5, 0.6) is 0 Å². The Labute approximate surface area is 121 Å². The van der Waals surface area contributed by atoms with E-state index in [1.54, 1.807) is 12.1 Å². The van der Waals surface area contributed by atoms with Crippen LogP contribution in [0.3, 0.4) is 0 Å². The number of benzene rings is 1. The summed E-state index contributed by atoms with van der Waals surface area (Å²) in [5.41, 5.74) is 9.42. The smallest absolute Gasteiger partial charge is 0.170 e. The van der Waals surface area contributed by atoms with E-state index in [2.05, 4.69) is 10.1 Å². The molecule has 3 N–H and O–H groups in total. The highest BCUT2D eigenvalue weighted by Crippen LogP contribution is 2.27. The minimum absolute atomic E-state index is 0.0473. The number of halogens is 1. The largest absolute Gasteiger partial charge is 0.409 e. The van der Waals surface area contributed by atoms with Gasteiger partial charge in [-0.15, -0.1) is 0 Å². The van der Waals surface area contributed by atoms with E-state index < -0.39 is 0 Å². The third-order valence-corrected chi connectivity index (χ3v) is 3.94. The first kappa shape index (κ1) is 13.0. The normalized spacial score (nSPS) is 15.2. The zero-order chi connectivity index (χ0) is 14.1. The van der Waals surface area contributed by atoms with Crippen molar-refractivity contribution in [1.82, 2.24) is 9.55 Å². The van der Waals surface area contributed by atoms with Gasteiger partial charge in [0.25, 0.3) is 0 Å². The van der Waals surface area contributed by atoms with E-state index in [-0.39, 0.29) is 5.84 Å². The highest BCUT2D eigenvalue weighted by Gasteiger charge is 2.17. The molecule has 20 heavy (non-hydrogen) atoms. The molecular formula is C14H15ClN4O. The van der Waals surface area contributed by atoms with Crippen LogP contribution in [0.4, 0.5) is 0 Å². The second-order valence-corrected chi connectivity index (χ2v) is 5.27. The lowest BCUT2D eigenvalue weighted by Crippen LogP contribution is -2.13. The van der Waals surface area contributed by atoms with Gasteiger partial charge in [0.1, 0.15) is 0 Å². The van der Waals surface area contributed by atoms with Crippen molar-refractivity contribution in [2.24, 2.45) is 10.9 Å². The van der Waals surface area contributed by atoms with Crippen LogP contribution in [0, 0.1) is 0 Å². The Bertz CT molecular complexity index is 678. The van der Waals surface area contributed by atoms with E-state index in [9.17, 15) is 0 Å². The Hall–Kier alpha value is -2.01. The van der Waals surface area contributed by atoms with Crippen molar-refractivity contribution in [3.63, 3.8) is 0 Å². The molecule has 1 aromatic carbocycles. The lowest BCUT2D eigenvalue weighted by atomic mass is 10.0. The van der Waals surface area contributed by atoms with Gasteiger partial charge < -0.3 is 15.5 Å². The zero-order valence-corrected chi connectivity index (χ0v) is 11.6. The molecular weight excluding hydrogens is 276 g/mol. The molecule has 0 radical (unpaired) electrons. The number of aromatic nitrogens is 2. The van der Waals surface area contributed by atoms with Crippen LogP contribution in [0.2, 0.25) is 5.02 Å². The fourth-order valence-corrected chi connectivity index (χ4v) is 2.87. The van der Waals surface area contributed by atoms with Crippen LogP contribution < -0.4 is 5.73 Å². The number of hydrogen-bond acceptors (Lipinski definition) is 3. The molecule has 0 amide bonds. The van der Waals surface area contributed by atoms with Gasteiger partial charge in [-0.05, 0) is 43.9 Å². The molecule has 6 heteroatoms. The van der Waals surface area contributed by atoms with Gasteiger partial charge in [-0.3, -0.25) is 0 Å². The average Bonchev–Trinajstić information content (AvgIpc) is 2.90. The molecule has 1 aliphatic rings. The lowest BCUT2D eigenvalue weighted by Gasteiger charge is -2.15. The summed E-state index contributed by atoms with van der Waals surface area (Å²) in [5, 5.41) is 12.2. The summed E-state index contributed by atoms with van der Waals surface area (Å²) in [7, 11) is 0. The Morgan fingerprint density at radius 3 is 2.90 bits per heavy atom. The van der Waals surface area contributed by atoms with Crippen molar-refractivity contribution in [2.45, 2.75) is 25.7 Å². The zero-order valence-electron chi connectivity index (χ0n) is 10.9. The standard InChI is InChI=1S/C14H15ClN4O/c15-10-7-9(14(16)18-20)5-6-12(10)19-8-17-11-3-1-2-4-13(11)19/h5-8,20H,1-4H2,(H2,16,18). The summed E-state index contributed by atoms with van der Waals surface area (Å²) in [6, 6.07) is 5.35. The maximum Gasteiger partial charge on any atom is 0.170 e. The van der Waals surface area contributed by atoms with Gasteiger partial charge in [0.2, 0.25) is 0 Å². The molecule has 0 bridgehead atoms. The number of nitrogens with two attached hydrogens (primary N) is 1. The first-order valence-corrected chi connectivity index (χ1v) is 6.91. The number of rotatable bonds is 2. The maximum absolute atomic E-state index is 8.70. The van der Waals surface area contributed by atoms with Crippen molar-refractivity contribution in [3.8, 4) is 5.69 Å². The molecule has 0 saturated carbocycles. The molecule has 0 aliphatic heterocycles. The molecule has 0 fully saturated rings. The van der Waals surface area contributed by atoms with Crippen molar-refractivity contribution in [1.29, 1.82) is 0 Å². The van der Waals surface area contributed by atoms with Crippen LogP contribution in [-0.4, -0.2) is 20.6 Å². The van der Waals surface area contributed by atoms with Gasteiger partial charge in [-0.25, -0.2) is 4.98 Å². The number of amidine groups is 1. The number of fused-ring (bicyclic) bond motifs is 1. The quantitative estimate of drug-likeness (QED) is 0.386. The number of nitrogens with zero attached hydrogens (tertiary/aromatic N) is 3. The molecule has 1 aliphatic carbocycles. The minimum Gasteiger partial charge on any atom is -0.409 e. The molecule has 1 heterocycles. The highest BCUT2D eigenvalue weighted by atomic mass is 35.5. The van der Waals surface area contributed by atoms with E-state index in [4.69, 9.17) is 22.5 Å². The van der Waals surface area contributed by atoms with Crippen LogP contribution in [0.15, 0.2) is 29.7 Å². The summed E-state index contributed by atoms with van der Waals surface area (Å²) in [6.07, 6.45) is 6.24. The molecule has 0 saturated heterocycles. The molecule has 0 unspecified atom stereocenters. The average molecular weight is 291 g/mol. The lowest BCUT2D eigenvalue weighted by molar-refractivity contribution is 0.318. The van der Waals surface area contributed by atoms with E-state index in [1.165, 1.54) is 18.5 Å². The first-order valence-electron chi connectivity index (χ1n) is 6.53. The highest BCUT2D eigenvalue weighted by molar-refractivity contribution is 6.32. The molecule has 2 aromatic rings. The number of hydrogen-bond donors (Lipinski definition) is 2. The summed E-state index contributed by atoms with van der Waals surface area (Å²) in [4.78, 5) is 4.46. The third kappa shape index (κ3) is 2.14. The molecule has 104 valence electrons. The maximum atomic E-state index is 8.70. The van der Waals surface area contributed by atoms with E-state index in [0.717, 1.165) is 24.2 Å². The Morgan fingerprint density at radius 2 is 2.15 bits per heavy atom. The van der Waals surface area contributed by atoms with Crippen LogP contribution in [-0.2, 0) is 12.8 Å². The summed E-state index contributed by atoms with van der Waals surface area (Å²) in [5.74, 6) is 0.0473. The fourth-order valence-electron chi connectivity index (χ4n) is 2.60. The van der Waals surface area contributed by atoms with Gasteiger partial charge in [0, 0.05) is 11.3 Å². The van der Waals surface area contributed by atoms with Gasteiger partial charge in [0.15, 0.2) is 5.84 Å². The third-order valence-electron chi connectivity index (χ3n) is 3.64. The van der Waals surface area contributed by atoms with Gasteiger partial charge >= 0.3 is 0 Å². The van der Waals surface area contributed by atoms with Crippen molar-refractivity contribution >= 4 is 17.4 Å². The second kappa shape index (κ2) is 5.17. The summed E-state index contributed by atoms with van der Waals surface area (Å²) >= 11 is 6.32. The molecule has 1 aromatic heterocycles. The Balaban J connectivity index is 2.05. The molecule has 5 nitrogen and oxygen atoms in total. The predicted octanol–water partition coefficient (Wildman–Crippen LogP) is 2.50. The topological polar surface area (TPSA) is 76.4 Å². The molecule has 0 atom stereocenters. The Kier molecular flexibility index (Phi) is 3.36. The summed E-state index contributed by atoms with van der Waals surface area (Å²) < 4.78 is 2.03. The predicted molar refractivity (Wildman–Crippen MR) is 77.7 cm³/mol. The SMILES string of the molecule is N/C(=N/O)c1ccc(-n2cnc3c2CCCC3)c(Cl)c1. The monoisotopic (exact) mass is 290 g/mol.